The number of nitrogens with one attached hydrogen (secondary N) is 1. The highest BCUT2D eigenvalue weighted by Crippen LogP contribution is 2.28. The van der Waals surface area contributed by atoms with Gasteiger partial charge < -0.3 is 15.3 Å². The van der Waals surface area contributed by atoms with Gasteiger partial charge in [0, 0.05) is 13.6 Å². The summed E-state index contributed by atoms with van der Waals surface area (Å²) in [6, 6.07) is -1.03. The minimum Gasteiger partial charge on any atom is -0.480 e. The van der Waals surface area contributed by atoms with Gasteiger partial charge in [0.05, 0.1) is 0 Å². The van der Waals surface area contributed by atoms with Crippen molar-refractivity contribution >= 4 is 12.0 Å². The molecule has 0 saturated heterocycles. The van der Waals surface area contributed by atoms with E-state index < -0.39 is 12.0 Å². The quantitative estimate of drug-likeness (QED) is 0.744. The van der Waals surface area contributed by atoms with Crippen molar-refractivity contribution in [3.05, 3.63) is 0 Å². The van der Waals surface area contributed by atoms with E-state index in [0.29, 0.717) is 13.0 Å². The lowest BCUT2D eigenvalue weighted by molar-refractivity contribution is -0.141. The van der Waals surface area contributed by atoms with Crippen molar-refractivity contribution < 1.29 is 14.7 Å². The molecule has 1 unspecified atom stereocenters. The molecule has 5 nitrogen and oxygen atoms in total. The zero-order valence-corrected chi connectivity index (χ0v) is 10.6. The number of aliphatic carboxylic acids is 1. The Morgan fingerprint density at radius 1 is 1.47 bits per heavy atom. The van der Waals surface area contributed by atoms with E-state index in [-0.39, 0.29) is 6.03 Å². The van der Waals surface area contributed by atoms with Gasteiger partial charge in [0.2, 0.25) is 0 Å². The third-order valence-electron chi connectivity index (χ3n) is 3.51. The van der Waals surface area contributed by atoms with E-state index in [9.17, 15) is 9.59 Å². The standard InChI is InChI=1S/C12H22N2O3/c1-3-10(11(15)16)14(2)12(17)13-8-7-9-5-4-6-9/h9-10H,3-8H2,1-2H3,(H,13,17)(H,15,16). The Morgan fingerprint density at radius 3 is 2.53 bits per heavy atom. The monoisotopic (exact) mass is 242 g/mol. The van der Waals surface area contributed by atoms with Crippen LogP contribution < -0.4 is 5.32 Å². The molecule has 0 heterocycles. The van der Waals surface area contributed by atoms with Crippen LogP contribution in [0.4, 0.5) is 4.79 Å². The van der Waals surface area contributed by atoms with Crippen LogP contribution in [0.3, 0.4) is 0 Å². The Balaban J connectivity index is 2.26. The van der Waals surface area contributed by atoms with E-state index in [1.165, 1.54) is 31.2 Å². The van der Waals surface area contributed by atoms with Crippen LogP contribution in [0.5, 0.6) is 0 Å². The smallest absolute Gasteiger partial charge is 0.326 e. The largest absolute Gasteiger partial charge is 0.480 e. The molecule has 1 aliphatic carbocycles. The molecule has 0 bridgehead atoms. The highest BCUT2D eigenvalue weighted by Gasteiger charge is 2.24. The second kappa shape index (κ2) is 6.47. The summed E-state index contributed by atoms with van der Waals surface area (Å²) < 4.78 is 0. The topological polar surface area (TPSA) is 69.6 Å². The lowest BCUT2D eigenvalue weighted by Crippen LogP contribution is -2.47. The Kier molecular flexibility index (Phi) is 5.25. The first-order valence-corrected chi connectivity index (χ1v) is 6.29. The SMILES string of the molecule is CCC(C(=O)O)N(C)C(=O)NCCC1CCC1. The van der Waals surface area contributed by atoms with E-state index in [1.54, 1.807) is 6.92 Å². The Bertz CT molecular complexity index is 277. The second-order valence-electron chi connectivity index (χ2n) is 4.69. The summed E-state index contributed by atoms with van der Waals surface area (Å²) in [4.78, 5) is 23.8. The fraction of sp³-hybridized carbons (Fsp3) is 0.833. The van der Waals surface area contributed by atoms with E-state index in [0.717, 1.165) is 12.3 Å². The number of carboxylic acids is 1. The minimum absolute atomic E-state index is 0.293. The molecule has 1 fully saturated rings. The van der Waals surface area contributed by atoms with Crippen LogP contribution in [0.25, 0.3) is 0 Å². The molecule has 2 amide bonds. The molecule has 17 heavy (non-hydrogen) atoms. The van der Waals surface area contributed by atoms with Crippen molar-refractivity contribution in [1.29, 1.82) is 0 Å². The molecule has 5 heteroatoms. The molecule has 1 saturated carbocycles. The molecule has 0 aliphatic heterocycles. The molecule has 2 N–H and O–H groups in total. The van der Waals surface area contributed by atoms with E-state index in [4.69, 9.17) is 5.11 Å². The minimum atomic E-state index is -0.954. The molecular weight excluding hydrogens is 220 g/mol. The predicted molar refractivity (Wildman–Crippen MR) is 64.8 cm³/mol. The van der Waals surface area contributed by atoms with Gasteiger partial charge in [0.25, 0.3) is 0 Å². The molecular formula is C12H22N2O3. The summed E-state index contributed by atoms with van der Waals surface area (Å²) in [6.07, 6.45) is 5.25. The zero-order chi connectivity index (χ0) is 12.8. The number of urea groups is 1. The van der Waals surface area contributed by atoms with Crippen LogP contribution in [0.2, 0.25) is 0 Å². The van der Waals surface area contributed by atoms with Crippen molar-refractivity contribution in [2.24, 2.45) is 5.92 Å². The van der Waals surface area contributed by atoms with Gasteiger partial charge in [-0.15, -0.1) is 0 Å². The van der Waals surface area contributed by atoms with Crippen molar-refractivity contribution in [3.8, 4) is 0 Å². The van der Waals surface area contributed by atoms with Crippen molar-refractivity contribution in [2.75, 3.05) is 13.6 Å². The van der Waals surface area contributed by atoms with E-state index in [2.05, 4.69) is 5.32 Å². The number of rotatable bonds is 6. The van der Waals surface area contributed by atoms with Gasteiger partial charge in [-0.25, -0.2) is 9.59 Å². The van der Waals surface area contributed by atoms with Crippen molar-refractivity contribution in [1.82, 2.24) is 10.2 Å². The second-order valence-corrected chi connectivity index (χ2v) is 4.69. The molecule has 0 spiro atoms. The van der Waals surface area contributed by atoms with Gasteiger partial charge in [-0.2, -0.15) is 0 Å². The van der Waals surface area contributed by atoms with Crippen LogP contribution in [-0.2, 0) is 4.79 Å². The molecule has 0 aromatic carbocycles. The van der Waals surface area contributed by atoms with Gasteiger partial charge in [-0.3, -0.25) is 0 Å². The summed E-state index contributed by atoms with van der Waals surface area (Å²) in [5, 5.41) is 11.7. The van der Waals surface area contributed by atoms with Gasteiger partial charge in [0.1, 0.15) is 6.04 Å². The number of likely N-dealkylation sites (N-methyl/N-ethyl adjacent to an activating group) is 1. The van der Waals surface area contributed by atoms with E-state index in [1.807, 2.05) is 0 Å². The molecule has 0 aromatic heterocycles. The zero-order valence-electron chi connectivity index (χ0n) is 10.6. The number of carbonyl (C=O) groups excluding carboxylic acids is 1. The number of carbonyl (C=O) groups is 2. The van der Waals surface area contributed by atoms with Crippen LogP contribution in [0.1, 0.15) is 39.0 Å². The third kappa shape index (κ3) is 3.91. The first kappa shape index (κ1) is 13.8. The Labute approximate surface area is 102 Å². The van der Waals surface area contributed by atoms with Gasteiger partial charge in [-0.1, -0.05) is 26.2 Å². The average Bonchev–Trinajstić information content (AvgIpc) is 2.21. The number of hydrogen-bond donors (Lipinski definition) is 2. The summed E-state index contributed by atoms with van der Waals surface area (Å²) >= 11 is 0. The molecule has 0 radical (unpaired) electrons. The molecule has 0 aromatic rings. The summed E-state index contributed by atoms with van der Waals surface area (Å²) in [5.41, 5.74) is 0. The van der Waals surface area contributed by atoms with Crippen LogP contribution in [-0.4, -0.2) is 41.6 Å². The number of carboxylic acid groups (broad SMARTS) is 1. The fourth-order valence-electron chi connectivity index (χ4n) is 2.05. The lowest BCUT2D eigenvalue weighted by Gasteiger charge is -2.27. The van der Waals surface area contributed by atoms with Gasteiger partial charge >= 0.3 is 12.0 Å². The highest BCUT2D eigenvalue weighted by atomic mass is 16.4. The number of nitrogens with zero attached hydrogens (tertiary/aromatic N) is 1. The maximum absolute atomic E-state index is 11.7. The maximum Gasteiger partial charge on any atom is 0.326 e. The summed E-state index contributed by atoms with van der Waals surface area (Å²) in [7, 11) is 1.53. The summed E-state index contributed by atoms with van der Waals surface area (Å²) in [5.74, 6) is -0.203. The van der Waals surface area contributed by atoms with Gasteiger partial charge in [0.15, 0.2) is 0 Å². The lowest BCUT2D eigenvalue weighted by atomic mass is 9.83. The number of hydrogen-bond acceptors (Lipinski definition) is 2. The third-order valence-corrected chi connectivity index (χ3v) is 3.51. The van der Waals surface area contributed by atoms with Crippen LogP contribution in [0, 0.1) is 5.92 Å². The highest BCUT2D eigenvalue weighted by molar-refractivity contribution is 5.82. The molecule has 98 valence electrons. The normalized spacial score (nSPS) is 17.1. The summed E-state index contributed by atoms with van der Waals surface area (Å²) in [6.45, 7) is 2.40. The molecule has 1 aliphatic rings. The average molecular weight is 242 g/mol. The molecule has 1 rings (SSSR count). The maximum atomic E-state index is 11.7. The first-order valence-electron chi connectivity index (χ1n) is 6.29. The van der Waals surface area contributed by atoms with E-state index >= 15 is 0 Å². The number of amides is 2. The fourth-order valence-corrected chi connectivity index (χ4v) is 2.05. The van der Waals surface area contributed by atoms with Crippen LogP contribution in [0.15, 0.2) is 0 Å². The first-order chi connectivity index (χ1) is 8.06. The van der Waals surface area contributed by atoms with Crippen molar-refractivity contribution in [3.63, 3.8) is 0 Å². The Morgan fingerprint density at radius 2 is 2.12 bits per heavy atom. The van der Waals surface area contributed by atoms with Crippen LogP contribution >= 0.6 is 0 Å². The Hall–Kier alpha value is -1.26. The predicted octanol–water partition coefficient (Wildman–Crippen LogP) is 1.68. The molecule has 1 atom stereocenters. The van der Waals surface area contributed by atoms with Crippen molar-refractivity contribution in [2.45, 2.75) is 45.1 Å². The van der Waals surface area contributed by atoms with Gasteiger partial charge in [-0.05, 0) is 18.8 Å².